The summed E-state index contributed by atoms with van der Waals surface area (Å²) in [5, 5.41) is 0. The highest BCUT2D eigenvalue weighted by molar-refractivity contribution is 7.98. The number of halogens is 2. The van der Waals surface area contributed by atoms with Crippen molar-refractivity contribution >= 4 is 25.5 Å². The SMILES string of the molecule is O=C1c2c(OCOP(=O)(O)O)c(=O)cc(-c3cc(F)c(F)c4c3Cc3ccccc3SC4)n2N[C@@H]2CCC3(CC3)CN12. The third-order valence-corrected chi connectivity index (χ3v) is 10.1. The molecule has 0 bridgehead atoms. The van der Waals surface area contributed by atoms with Gasteiger partial charge in [-0.1, -0.05) is 18.2 Å². The summed E-state index contributed by atoms with van der Waals surface area (Å²) in [6.45, 7) is -0.504. The Morgan fingerprint density at radius 1 is 1.12 bits per heavy atom. The number of aromatic nitrogens is 1. The number of phosphoric ester groups is 1. The Labute approximate surface area is 242 Å². The van der Waals surface area contributed by atoms with Crippen LogP contribution in [0, 0.1) is 17.0 Å². The number of hydrogen-bond acceptors (Lipinski definition) is 7. The van der Waals surface area contributed by atoms with Crippen molar-refractivity contribution in [1.82, 2.24) is 9.58 Å². The van der Waals surface area contributed by atoms with Gasteiger partial charge in [-0.05, 0) is 60.8 Å². The summed E-state index contributed by atoms with van der Waals surface area (Å²) in [5.74, 6) is -2.84. The van der Waals surface area contributed by atoms with Gasteiger partial charge < -0.3 is 24.8 Å². The number of phosphoric acid groups is 1. The first kappa shape index (κ1) is 27.6. The summed E-state index contributed by atoms with van der Waals surface area (Å²) in [5.41, 5.74) is 4.35. The highest BCUT2D eigenvalue weighted by Gasteiger charge is 2.51. The zero-order valence-electron chi connectivity index (χ0n) is 22.1. The number of thioether (sulfide) groups is 1. The van der Waals surface area contributed by atoms with Gasteiger partial charge in [-0.25, -0.2) is 22.5 Å². The van der Waals surface area contributed by atoms with E-state index in [1.54, 1.807) is 4.90 Å². The van der Waals surface area contributed by atoms with Gasteiger partial charge in [0.05, 0.1) is 5.69 Å². The van der Waals surface area contributed by atoms with Gasteiger partial charge in [0.15, 0.2) is 17.3 Å². The smallest absolute Gasteiger partial charge is 0.460 e. The van der Waals surface area contributed by atoms with E-state index >= 15 is 8.78 Å². The first-order valence-electron chi connectivity index (χ1n) is 13.4. The summed E-state index contributed by atoms with van der Waals surface area (Å²) in [6, 6.07) is 9.79. The standard InChI is InChI=1S/C28H26F2N3O7PS/c29-19-10-17(16-9-15-3-1-2-4-22(15)42-12-18(16)24(19)30)20-11-21(34)26(39-14-40-41(36,37)38)25-27(35)32-13-28(7-8-28)6-5-23(32)31-33(20)25/h1-4,10-11,23,31H,5-9,12-14H2,(H2,36,37,38)/t23-/m0/s1. The number of rotatable bonds is 5. The molecule has 4 heterocycles. The molecule has 3 aromatic rings. The molecule has 0 unspecified atom stereocenters. The zero-order chi connectivity index (χ0) is 29.4. The molecule has 2 fully saturated rings. The van der Waals surface area contributed by atoms with Crippen molar-refractivity contribution in [3.63, 3.8) is 0 Å². The van der Waals surface area contributed by atoms with E-state index in [1.807, 2.05) is 24.3 Å². The highest BCUT2D eigenvalue weighted by Crippen LogP contribution is 2.54. The fraction of sp³-hybridized carbons (Fsp3) is 0.357. The van der Waals surface area contributed by atoms with Crippen molar-refractivity contribution in [2.75, 3.05) is 18.8 Å². The van der Waals surface area contributed by atoms with Crippen LogP contribution in [0.3, 0.4) is 0 Å². The molecule has 1 amide bonds. The minimum Gasteiger partial charge on any atom is -0.460 e. The molecule has 1 saturated heterocycles. The molecular formula is C28H26F2N3O7PS. The van der Waals surface area contributed by atoms with Gasteiger partial charge in [0.2, 0.25) is 18.0 Å². The monoisotopic (exact) mass is 617 g/mol. The quantitative estimate of drug-likeness (QED) is 0.283. The summed E-state index contributed by atoms with van der Waals surface area (Å²) in [7, 11) is -4.93. The Kier molecular flexibility index (Phi) is 6.52. The molecular weight excluding hydrogens is 591 g/mol. The second-order valence-electron chi connectivity index (χ2n) is 11.2. The van der Waals surface area contributed by atoms with Crippen LogP contribution in [-0.4, -0.2) is 44.8 Å². The molecule has 1 saturated carbocycles. The summed E-state index contributed by atoms with van der Waals surface area (Å²) >= 11 is 1.40. The van der Waals surface area contributed by atoms with Crippen LogP contribution in [0.2, 0.25) is 0 Å². The number of ether oxygens (including phenoxy) is 1. The third-order valence-electron chi connectivity index (χ3n) is 8.55. The molecule has 42 heavy (non-hydrogen) atoms. The maximum Gasteiger partial charge on any atom is 0.472 e. The van der Waals surface area contributed by atoms with Gasteiger partial charge in [-0.15, -0.1) is 11.8 Å². The summed E-state index contributed by atoms with van der Waals surface area (Å²) < 4.78 is 52.8. The molecule has 3 aliphatic heterocycles. The Morgan fingerprint density at radius 3 is 2.67 bits per heavy atom. The fourth-order valence-corrected chi connectivity index (χ4v) is 7.50. The van der Waals surface area contributed by atoms with Crippen LogP contribution in [-0.2, 0) is 21.3 Å². The minimum absolute atomic E-state index is 0.0426. The van der Waals surface area contributed by atoms with Crippen LogP contribution < -0.4 is 15.6 Å². The van der Waals surface area contributed by atoms with Gasteiger partial charge >= 0.3 is 7.82 Å². The van der Waals surface area contributed by atoms with E-state index in [9.17, 15) is 14.2 Å². The van der Waals surface area contributed by atoms with Crippen molar-refractivity contribution in [2.45, 2.75) is 48.9 Å². The van der Waals surface area contributed by atoms with Crippen molar-refractivity contribution in [1.29, 1.82) is 0 Å². The predicted molar refractivity (Wildman–Crippen MR) is 149 cm³/mol. The number of carbonyl (C=O) groups excluding carboxylic acids is 1. The Morgan fingerprint density at radius 2 is 1.90 bits per heavy atom. The lowest BCUT2D eigenvalue weighted by Crippen LogP contribution is -2.58. The Balaban J connectivity index is 1.41. The van der Waals surface area contributed by atoms with E-state index in [0.29, 0.717) is 18.5 Å². The maximum atomic E-state index is 15.2. The molecule has 1 spiro atoms. The van der Waals surface area contributed by atoms with Gasteiger partial charge in [-0.3, -0.25) is 9.59 Å². The van der Waals surface area contributed by atoms with Crippen LogP contribution in [0.4, 0.5) is 8.78 Å². The van der Waals surface area contributed by atoms with E-state index in [1.165, 1.54) is 16.4 Å². The van der Waals surface area contributed by atoms with E-state index in [4.69, 9.17) is 14.5 Å². The number of benzene rings is 2. The van der Waals surface area contributed by atoms with E-state index in [0.717, 1.165) is 41.9 Å². The Hall–Kier alpha value is -3.22. The van der Waals surface area contributed by atoms with Crippen molar-refractivity contribution in [3.05, 3.63) is 80.6 Å². The minimum atomic E-state index is -4.93. The largest absolute Gasteiger partial charge is 0.472 e. The van der Waals surface area contributed by atoms with E-state index in [-0.39, 0.29) is 40.1 Å². The number of carbonyl (C=O) groups is 1. The molecule has 4 aliphatic rings. The van der Waals surface area contributed by atoms with Crippen LogP contribution >= 0.6 is 19.6 Å². The number of nitrogens with zero attached hydrogens (tertiary/aromatic N) is 2. The predicted octanol–water partition coefficient (Wildman–Crippen LogP) is 4.34. The fourth-order valence-electron chi connectivity index (χ4n) is 6.21. The topological polar surface area (TPSA) is 130 Å². The van der Waals surface area contributed by atoms with Crippen molar-refractivity contribution < 1.29 is 37.2 Å². The molecule has 1 aromatic heterocycles. The van der Waals surface area contributed by atoms with Gasteiger partial charge in [0.1, 0.15) is 6.17 Å². The van der Waals surface area contributed by atoms with Crippen LogP contribution in [0.1, 0.15) is 52.9 Å². The second-order valence-corrected chi connectivity index (χ2v) is 13.4. The lowest BCUT2D eigenvalue weighted by Gasteiger charge is -2.45. The van der Waals surface area contributed by atoms with Gasteiger partial charge in [-0.2, -0.15) is 0 Å². The molecule has 1 atom stereocenters. The number of amides is 1. The van der Waals surface area contributed by atoms with Crippen molar-refractivity contribution in [3.8, 4) is 17.0 Å². The first-order chi connectivity index (χ1) is 20.0. The van der Waals surface area contributed by atoms with Crippen LogP contribution in [0.5, 0.6) is 5.75 Å². The molecule has 0 radical (unpaired) electrons. The lowest BCUT2D eigenvalue weighted by atomic mass is 9.91. The number of piperidine rings is 1. The van der Waals surface area contributed by atoms with Gasteiger partial charge in [0, 0.05) is 34.4 Å². The lowest BCUT2D eigenvalue weighted by molar-refractivity contribution is 0.0440. The summed E-state index contributed by atoms with van der Waals surface area (Å²) in [4.78, 5) is 48.3. The molecule has 10 nitrogen and oxygen atoms in total. The highest BCUT2D eigenvalue weighted by atomic mass is 32.2. The maximum absolute atomic E-state index is 15.2. The molecule has 2 aromatic carbocycles. The Bertz CT molecular complexity index is 1760. The normalized spacial score (nSPS) is 20.1. The summed E-state index contributed by atoms with van der Waals surface area (Å²) in [6.07, 6.45) is 3.40. The zero-order valence-corrected chi connectivity index (χ0v) is 23.9. The van der Waals surface area contributed by atoms with Crippen LogP contribution in [0.25, 0.3) is 11.3 Å². The number of hydrogen-bond donors (Lipinski definition) is 3. The third kappa shape index (κ3) is 4.73. The average Bonchev–Trinajstić information content (AvgIpc) is 3.73. The molecule has 220 valence electrons. The molecule has 7 rings (SSSR count). The molecule has 1 aliphatic carbocycles. The number of fused-ring (bicyclic) bond motifs is 4. The average molecular weight is 618 g/mol. The number of pyridine rings is 1. The number of nitrogens with one attached hydrogen (secondary N) is 1. The molecule has 3 N–H and O–H groups in total. The molecule has 14 heteroatoms. The second kappa shape index (κ2) is 9.92. The van der Waals surface area contributed by atoms with Crippen molar-refractivity contribution in [2.24, 2.45) is 5.41 Å². The van der Waals surface area contributed by atoms with Crippen LogP contribution in [0.15, 0.2) is 46.1 Å². The van der Waals surface area contributed by atoms with E-state index < -0.39 is 49.5 Å². The van der Waals surface area contributed by atoms with E-state index in [2.05, 4.69) is 9.95 Å². The van der Waals surface area contributed by atoms with Gasteiger partial charge in [0.25, 0.3) is 5.91 Å². The first-order valence-corrected chi connectivity index (χ1v) is 16.0.